The monoisotopic (exact) mass is 437 g/mol. The molecule has 0 aliphatic heterocycles. The van der Waals surface area contributed by atoms with Gasteiger partial charge in [-0.15, -0.1) is 0 Å². The highest BCUT2D eigenvalue weighted by atomic mass is 16.5. The van der Waals surface area contributed by atoms with E-state index in [1.807, 2.05) is 93.6 Å². The Morgan fingerprint density at radius 1 is 0.939 bits per heavy atom. The van der Waals surface area contributed by atoms with Crippen LogP contribution in [0, 0.1) is 6.92 Å². The molecular formula is C27H23N3O3. The molecule has 0 saturated carbocycles. The Morgan fingerprint density at radius 2 is 1.70 bits per heavy atom. The fraction of sp³-hybridized carbons (Fsp3) is 0.148. The summed E-state index contributed by atoms with van der Waals surface area (Å²) in [6, 6.07) is 22.9. The lowest BCUT2D eigenvalue weighted by Gasteiger charge is -2.11. The fourth-order valence-corrected chi connectivity index (χ4v) is 3.84. The average Bonchev–Trinajstić information content (AvgIpc) is 3.30. The van der Waals surface area contributed by atoms with Crippen molar-refractivity contribution in [3.63, 3.8) is 0 Å². The number of benzene rings is 3. The van der Waals surface area contributed by atoms with Crippen molar-refractivity contribution in [2.45, 2.75) is 26.9 Å². The lowest BCUT2D eigenvalue weighted by atomic mass is 10.1. The summed E-state index contributed by atoms with van der Waals surface area (Å²) in [4.78, 5) is 17.9. The topological polar surface area (TPSA) is 70.2 Å². The van der Waals surface area contributed by atoms with Crippen LogP contribution < -0.4 is 10.3 Å². The van der Waals surface area contributed by atoms with Crippen LogP contribution in [-0.2, 0) is 0 Å². The molecule has 0 bridgehead atoms. The highest BCUT2D eigenvalue weighted by Crippen LogP contribution is 2.29. The maximum absolute atomic E-state index is 13.2. The molecule has 2 aromatic heterocycles. The van der Waals surface area contributed by atoms with Crippen molar-refractivity contribution in [3.8, 4) is 34.3 Å². The smallest absolute Gasteiger partial charge is 0.262 e. The van der Waals surface area contributed by atoms with Crippen LogP contribution in [0.2, 0.25) is 0 Å². The minimum atomic E-state index is -0.0968. The van der Waals surface area contributed by atoms with Crippen LogP contribution in [0.5, 0.6) is 5.75 Å². The molecule has 0 N–H and O–H groups in total. The fourth-order valence-electron chi connectivity index (χ4n) is 3.84. The summed E-state index contributed by atoms with van der Waals surface area (Å²) in [5, 5.41) is 5.54. The van der Waals surface area contributed by atoms with Gasteiger partial charge in [0.1, 0.15) is 5.75 Å². The van der Waals surface area contributed by atoms with E-state index >= 15 is 0 Å². The molecule has 0 radical (unpaired) electrons. The van der Waals surface area contributed by atoms with E-state index < -0.39 is 0 Å². The van der Waals surface area contributed by atoms with Gasteiger partial charge in [-0.2, -0.15) is 4.98 Å². The summed E-state index contributed by atoms with van der Waals surface area (Å²) in [6.45, 7) is 5.97. The molecule has 5 rings (SSSR count). The number of pyridine rings is 1. The molecule has 3 aromatic carbocycles. The van der Waals surface area contributed by atoms with Gasteiger partial charge < -0.3 is 9.26 Å². The molecule has 6 nitrogen and oxygen atoms in total. The van der Waals surface area contributed by atoms with Gasteiger partial charge in [-0.25, -0.2) is 0 Å². The molecule has 0 unspecified atom stereocenters. The molecule has 6 heteroatoms. The minimum Gasteiger partial charge on any atom is -0.491 e. The van der Waals surface area contributed by atoms with Gasteiger partial charge in [-0.1, -0.05) is 35.5 Å². The van der Waals surface area contributed by atoms with Crippen LogP contribution >= 0.6 is 0 Å². The normalized spacial score (nSPS) is 11.3. The van der Waals surface area contributed by atoms with Crippen molar-refractivity contribution in [2.75, 3.05) is 0 Å². The zero-order valence-corrected chi connectivity index (χ0v) is 18.6. The predicted octanol–water partition coefficient (Wildman–Crippen LogP) is 5.80. The van der Waals surface area contributed by atoms with E-state index in [1.165, 1.54) is 0 Å². The molecule has 0 saturated heterocycles. The van der Waals surface area contributed by atoms with Gasteiger partial charge in [0.05, 0.1) is 11.7 Å². The lowest BCUT2D eigenvalue weighted by molar-refractivity contribution is 0.242. The summed E-state index contributed by atoms with van der Waals surface area (Å²) >= 11 is 0. The molecule has 5 aromatic rings. The van der Waals surface area contributed by atoms with Gasteiger partial charge in [0.25, 0.3) is 11.4 Å². The second-order valence-corrected chi connectivity index (χ2v) is 8.22. The molecular weight excluding hydrogens is 414 g/mol. The lowest BCUT2D eigenvalue weighted by Crippen LogP contribution is -2.18. The summed E-state index contributed by atoms with van der Waals surface area (Å²) in [7, 11) is 0. The second kappa shape index (κ2) is 8.39. The van der Waals surface area contributed by atoms with Crippen LogP contribution in [0.25, 0.3) is 39.3 Å². The van der Waals surface area contributed by atoms with Gasteiger partial charge >= 0.3 is 0 Å². The van der Waals surface area contributed by atoms with Crippen molar-refractivity contribution >= 4 is 10.8 Å². The molecule has 0 aliphatic carbocycles. The summed E-state index contributed by atoms with van der Waals surface area (Å²) in [5.41, 5.74) is 3.27. The summed E-state index contributed by atoms with van der Waals surface area (Å²) < 4.78 is 13.0. The van der Waals surface area contributed by atoms with Crippen molar-refractivity contribution < 1.29 is 9.26 Å². The SMILES string of the molecule is Cc1cccc(-n2cc(-c3nc(-c4ccc(OC(C)C)cc4)no3)c3ccccc3c2=O)c1. The number of hydrogen-bond acceptors (Lipinski definition) is 5. The highest BCUT2D eigenvalue weighted by molar-refractivity contribution is 5.94. The highest BCUT2D eigenvalue weighted by Gasteiger charge is 2.17. The Kier molecular flexibility index (Phi) is 5.26. The molecule has 0 atom stereocenters. The van der Waals surface area contributed by atoms with Crippen LogP contribution in [0.15, 0.2) is 88.3 Å². The van der Waals surface area contributed by atoms with Crippen LogP contribution in [0.1, 0.15) is 19.4 Å². The van der Waals surface area contributed by atoms with E-state index in [9.17, 15) is 4.79 Å². The molecule has 0 aliphatic rings. The van der Waals surface area contributed by atoms with E-state index in [4.69, 9.17) is 9.26 Å². The Morgan fingerprint density at radius 3 is 2.42 bits per heavy atom. The Hall–Kier alpha value is -4.19. The molecule has 33 heavy (non-hydrogen) atoms. The van der Waals surface area contributed by atoms with Gasteiger partial charge in [0, 0.05) is 28.2 Å². The first kappa shape index (κ1) is 20.7. The van der Waals surface area contributed by atoms with Crippen molar-refractivity contribution in [2.24, 2.45) is 0 Å². The van der Waals surface area contributed by atoms with E-state index in [0.29, 0.717) is 22.7 Å². The number of aryl methyl sites for hydroxylation is 1. The number of hydrogen-bond donors (Lipinski definition) is 0. The third-order valence-electron chi connectivity index (χ3n) is 5.35. The molecule has 164 valence electrons. The first-order valence-electron chi connectivity index (χ1n) is 10.8. The van der Waals surface area contributed by atoms with Gasteiger partial charge in [-0.05, 0) is 68.8 Å². The Labute approximate surface area is 191 Å². The van der Waals surface area contributed by atoms with E-state index in [2.05, 4.69) is 10.1 Å². The maximum Gasteiger partial charge on any atom is 0.262 e. The number of rotatable bonds is 5. The van der Waals surface area contributed by atoms with E-state index in [-0.39, 0.29) is 11.7 Å². The summed E-state index contributed by atoms with van der Waals surface area (Å²) in [6.07, 6.45) is 1.88. The standard InChI is InChI=1S/C27H23N3O3/c1-17(2)32-21-13-11-19(12-14-21)25-28-26(33-29-25)24-16-30(20-8-6-7-18(3)15-20)27(31)23-10-5-4-9-22(23)24/h4-17H,1-3H3. The molecule has 2 heterocycles. The number of ether oxygens (including phenoxy) is 1. The molecule has 0 fully saturated rings. The van der Waals surface area contributed by atoms with E-state index in [1.54, 1.807) is 10.8 Å². The average molecular weight is 437 g/mol. The minimum absolute atomic E-state index is 0.0968. The van der Waals surface area contributed by atoms with Gasteiger partial charge in [0.15, 0.2) is 0 Å². The Balaban J connectivity index is 1.61. The van der Waals surface area contributed by atoms with Crippen molar-refractivity contribution in [3.05, 3.63) is 94.9 Å². The zero-order valence-electron chi connectivity index (χ0n) is 18.6. The largest absolute Gasteiger partial charge is 0.491 e. The first-order chi connectivity index (χ1) is 16.0. The predicted molar refractivity (Wildman–Crippen MR) is 129 cm³/mol. The summed E-state index contributed by atoms with van der Waals surface area (Å²) in [5.74, 6) is 1.61. The zero-order chi connectivity index (χ0) is 22.9. The van der Waals surface area contributed by atoms with E-state index in [0.717, 1.165) is 28.0 Å². The van der Waals surface area contributed by atoms with Crippen molar-refractivity contribution in [1.82, 2.24) is 14.7 Å². The molecule has 0 spiro atoms. The van der Waals surface area contributed by atoms with Crippen LogP contribution in [0.4, 0.5) is 0 Å². The molecule has 0 amide bonds. The third-order valence-corrected chi connectivity index (χ3v) is 5.35. The quantitative estimate of drug-likeness (QED) is 0.347. The number of nitrogens with zero attached hydrogens (tertiary/aromatic N) is 3. The number of fused-ring (bicyclic) bond motifs is 1. The Bertz CT molecular complexity index is 1500. The van der Waals surface area contributed by atoms with Crippen LogP contribution in [-0.4, -0.2) is 20.8 Å². The van der Waals surface area contributed by atoms with Gasteiger partial charge in [0.2, 0.25) is 5.82 Å². The second-order valence-electron chi connectivity index (χ2n) is 8.22. The third kappa shape index (κ3) is 4.03. The maximum atomic E-state index is 13.2. The van der Waals surface area contributed by atoms with Gasteiger partial charge in [-0.3, -0.25) is 9.36 Å². The first-order valence-corrected chi connectivity index (χ1v) is 10.8. The van der Waals surface area contributed by atoms with Crippen LogP contribution in [0.3, 0.4) is 0 Å². The van der Waals surface area contributed by atoms with Crippen molar-refractivity contribution in [1.29, 1.82) is 0 Å². The number of aromatic nitrogens is 3.